The zero-order valence-electron chi connectivity index (χ0n) is 13.4. The van der Waals surface area contributed by atoms with E-state index in [1.54, 1.807) is 23.7 Å². The van der Waals surface area contributed by atoms with Crippen LogP contribution >= 0.6 is 11.3 Å². The normalized spacial score (nSPS) is 14.1. The molecule has 3 rings (SSSR count). The molecular weight excluding hydrogens is 364 g/mol. The summed E-state index contributed by atoms with van der Waals surface area (Å²) in [4.78, 5) is 27.4. The molecule has 0 saturated carbocycles. The number of hydrogen-bond acceptors (Lipinski definition) is 6. The van der Waals surface area contributed by atoms with E-state index < -0.39 is 15.9 Å². The third-order valence-electron chi connectivity index (χ3n) is 3.73. The van der Waals surface area contributed by atoms with E-state index in [1.165, 1.54) is 24.5 Å². The standard InChI is InChI=1S/C15H16N4O4S2/c1-19(9-14(21)18-15-16-6-7-24-15)25(22,23)11-3-4-12-10(8-11)2-5-13(20)17-12/h3-4,6-8H,2,5,9H2,1H3,(H,17,20)(H,16,18,21). The molecule has 2 aromatic rings. The maximum absolute atomic E-state index is 12.7. The van der Waals surface area contributed by atoms with Gasteiger partial charge in [0.05, 0.1) is 11.4 Å². The topological polar surface area (TPSA) is 108 Å². The summed E-state index contributed by atoms with van der Waals surface area (Å²) >= 11 is 1.25. The molecule has 10 heteroatoms. The third-order valence-corrected chi connectivity index (χ3v) is 6.21. The minimum absolute atomic E-state index is 0.0842. The van der Waals surface area contributed by atoms with E-state index in [1.807, 2.05) is 0 Å². The molecule has 0 aliphatic carbocycles. The highest BCUT2D eigenvalue weighted by Gasteiger charge is 2.25. The van der Waals surface area contributed by atoms with Crippen LogP contribution in [0.4, 0.5) is 10.8 Å². The van der Waals surface area contributed by atoms with Gasteiger partial charge in [-0.1, -0.05) is 0 Å². The first kappa shape index (κ1) is 17.5. The van der Waals surface area contributed by atoms with Crippen molar-refractivity contribution in [3.05, 3.63) is 35.3 Å². The van der Waals surface area contributed by atoms with Gasteiger partial charge >= 0.3 is 0 Å². The van der Waals surface area contributed by atoms with Gasteiger partial charge in [-0.3, -0.25) is 9.59 Å². The van der Waals surface area contributed by atoms with Gasteiger partial charge in [0, 0.05) is 30.7 Å². The smallest absolute Gasteiger partial charge is 0.243 e. The van der Waals surface area contributed by atoms with Crippen molar-refractivity contribution in [3.63, 3.8) is 0 Å². The van der Waals surface area contributed by atoms with Crippen molar-refractivity contribution in [2.45, 2.75) is 17.7 Å². The minimum atomic E-state index is -3.82. The molecular formula is C15H16N4O4S2. The number of amides is 2. The van der Waals surface area contributed by atoms with Crippen LogP contribution in [0.5, 0.6) is 0 Å². The number of aryl methyl sites for hydroxylation is 1. The predicted octanol–water partition coefficient (Wildman–Crippen LogP) is 1.29. The quantitative estimate of drug-likeness (QED) is 0.812. The number of benzene rings is 1. The zero-order chi connectivity index (χ0) is 18.0. The second-order valence-electron chi connectivity index (χ2n) is 5.51. The van der Waals surface area contributed by atoms with E-state index >= 15 is 0 Å². The molecule has 1 aromatic carbocycles. The summed E-state index contributed by atoms with van der Waals surface area (Å²) in [6.07, 6.45) is 2.36. The fraction of sp³-hybridized carbons (Fsp3) is 0.267. The van der Waals surface area contributed by atoms with Crippen molar-refractivity contribution >= 4 is 44.0 Å². The van der Waals surface area contributed by atoms with Crippen molar-refractivity contribution in [2.75, 3.05) is 24.2 Å². The summed E-state index contributed by atoms with van der Waals surface area (Å²) in [6, 6.07) is 4.54. The molecule has 0 saturated heterocycles. The van der Waals surface area contributed by atoms with E-state index in [9.17, 15) is 18.0 Å². The predicted molar refractivity (Wildman–Crippen MR) is 94.0 cm³/mol. The van der Waals surface area contributed by atoms with Crippen molar-refractivity contribution in [2.24, 2.45) is 0 Å². The van der Waals surface area contributed by atoms with Gasteiger partial charge in [-0.25, -0.2) is 13.4 Å². The van der Waals surface area contributed by atoms with Gasteiger partial charge in [0.2, 0.25) is 21.8 Å². The van der Waals surface area contributed by atoms with Crippen molar-refractivity contribution in [1.29, 1.82) is 0 Å². The number of anilines is 2. The number of fused-ring (bicyclic) bond motifs is 1. The molecule has 1 aliphatic heterocycles. The number of sulfonamides is 1. The molecule has 2 heterocycles. The molecule has 0 unspecified atom stereocenters. The van der Waals surface area contributed by atoms with Gasteiger partial charge in [-0.15, -0.1) is 11.3 Å². The number of aromatic nitrogens is 1. The second-order valence-corrected chi connectivity index (χ2v) is 8.45. The first-order chi connectivity index (χ1) is 11.9. The van der Waals surface area contributed by atoms with Gasteiger partial charge in [0.15, 0.2) is 5.13 Å². The fourth-order valence-electron chi connectivity index (χ4n) is 2.43. The number of carbonyl (C=O) groups excluding carboxylic acids is 2. The molecule has 132 valence electrons. The van der Waals surface area contributed by atoms with E-state index in [2.05, 4.69) is 15.6 Å². The number of hydrogen-bond donors (Lipinski definition) is 2. The van der Waals surface area contributed by atoms with Gasteiger partial charge in [0.25, 0.3) is 0 Å². The lowest BCUT2D eigenvalue weighted by Gasteiger charge is -2.20. The molecule has 0 bridgehead atoms. The van der Waals surface area contributed by atoms with Gasteiger partial charge in [0.1, 0.15) is 0 Å². The number of likely N-dealkylation sites (N-methyl/N-ethyl adjacent to an activating group) is 1. The van der Waals surface area contributed by atoms with Crippen LogP contribution in [-0.4, -0.2) is 43.1 Å². The summed E-state index contributed by atoms with van der Waals surface area (Å²) in [6.45, 7) is -0.324. The van der Waals surface area contributed by atoms with Crippen LogP contribution in [-0.2, 0) is 26.0 Å². The highest BCUT2D eigenvalue weighted by molar-refractivity contribution is 7.89. The molecule has 0 radical (unpaired) electrons. The van der Waals surface area contributed by atoms with E-state index in [0.29, 0.717) is 23.7 Å². The lowest BCUT2D eigenvalue weighted by molar-refractivity contribution is -0.117. The Kier molecular flexibility index (Phi) is 4.84. The molecule has 2 N–H and O–H groups in total. The Morgan fingerprint density at radius 1 is 1.40 bits per heavy atom. The monoisotopic (exact) mass is 380 g/mol. The van der Waals surface area contributed by atoms with E-state index in [0.717, 1.165) is 9.87 Å². The van der Waals surface area contributed by atoms with Gasteiger partial charge in [-0.05, 0) is 30.2 Å². The SMILES string of the molecule is CN(CC(=O)Nc1nccs1)S(=O)(=O)c1ccc2c(c1)CCC(=O)N2. The highest BCUT2D eigenvalue weighted by atomic mass is 32.2. The maximum atomic E-state index is 12.7. The third kappa shape index (κ3) is 3.86. The maximum Gasteiger partial charge on any atom is 0.243 e. The van der Waals surface area contributed by atoms with Crippen LogP contribution in [0.15, 0.2) is 34.7 Å². The van der Waals surface area contributed by atoms with E-state index in [4.69, 9.17) is 0 Å². The Morgan fingerprint density at radius 3 is 2.92 bits per heavy atom. The number of rotatable bonds is 5. The largest absolute Gasteiger partial charge is 0.326 e. The zero-order valence-corrected chi connectivity index (χ0v) is 15.0. The Balaban J connectivity index is 1.74. The summed E-state index contributed by atoms with van der Waals surface area (Å²) in [5, 5.41) is 7.38. The summed E-state index contributed by atoms with van der Waals surface area (Å²) < 4.78 is 26.3. The van der Waals surface area contributed by atoms with E-state index in [-0.39, 0.29) is 17.3 Å². The average Bonchev–Trinajstić information content (AvgIpc) is 3.06. The van der Waals surface area contributed by atoms with Crippen LogP contribution in [0, 0.1) is 0 Å². The fourth-order valence-corrected chi connectivity index (χ4v) is 4.15. The Hall–Kier alpha value is -2.30. The minimum Gasteiger partial charge on any atom is -0.326 e. The Morgan fingerprint density at radius 2 is 2.20 bits per heavy atom. The highest BCUT2D eigenvalue weighted by Crippen LogP contribution is 2.26. The van der Waals surface area contributed by atoms with Crippen LogP contribution < -0.4 is 10.6 Å². The summed E-state index contributed by atoms with van der Waals surface area (Å²) in [5.74, 6) is -0.551. The molecule has 1 aromatic heterocycles. The van der Waals surface area contributed by atoms with Gasteiger partial charge in [-0.2, -0.15) is 4.31 Å². The van der Waals surface area contributed by atoms with Crippen LogP contribution in [0.1, 0.15) is 12.0 Å². The Labute approximate surface area is 148 Å². The molecule has 0 atom stereocenters. The summed E-state index contributed by atoms with van der Waals surface area (Å²) in [7, 11) is -2.47. The number of thiazole rings is 1. The number of nitrogens with zero attached hydrogens (tertiary/aromatic N) is 2. The Bertz CT molecular complexity index is 910. The van der Waals surface area contributed by atoms with Crippen molar-refractivity contribution < 1.29 is 18.0 Å². The molecule has 2 amide bonds. The first-order valence-corrected chi connectivity index (χ1v) is 9.77. The second kappa shape index (κ2) is 6.90. The van der Waals surface area contributed by atoms with Gasteiger partial charge < -0.3 is 10.6 Å². The first-order valence-electron chi connectivity index (χ1n) is 7.45. The lowest BCUT2D eigenvalue weighted by Crippen LogP contribution is -2.35. The average molecular weight is 380 g/mol. The van der Waals surface area contributed by atoms with Crippen molar-refractivity contribution in [3.8, 4) is 0 Å². The van der Waals surface area contributed by atoms with Crippen molar-refractivity contribution in [1.82, 2.24) is 9.29 Å². The van der Waals surface area contributed by atoms with Crippen LogP contribution in [0.2, 0.25) is 0 Å². The molecule has 0 fully saturated rings. The molecule has 25 heavy (non-hydrogen) atoms. The van der Waals surface area contributed by atoms with Crippen LogP contribution in [0.3, 0.4) is 0 Å². The molecule has 0 spiro atoms. The molecule has 8 nitrogen and oxygen atoms in total. The summed E-state index contributed by atoms with van der Waals surface area (Å²) in [5.41, 5.74) is 1.39. The number of carbonyl (C=O) groups is 2. The number of nitrogens with one attached hydrogen (secondary N) is 2. The lowest BCUT2D eigenvalue weighted by atomic mass is 10.0. The van der Waals surface area contributed by atoms with Crippen LogP contribution in [0.25, 0.3) is 0 Å². The molecule has 1 aliphatic rings.